The Morgan fingerprint density at radius 1 is 0.861 bits per heavy atom. The van der Waals surface area contributed by atoms with Gasteiger partial charge in [-0.05, 0) is 11.1 Å². The maximum absolute atomic E-state index is 9.57. The Labute approximate surface area is 208 Å². The second-order valence-electron chi connectivity index (χ2n) is 8.55. The van der Waals surface area contributed by atoms with Crippen molar-refractivity contribution in [2.45, 2.75) is 19.1 Å². The number of rotatable bonds is 9. The quantitative estimate of drug-likeness (QED) is 0.309. The lowest BCUT2D eigenvalue weighted by Crippen LogP contribution is -2.47. The van der Waals surface area contributed by atoms with Gasteiger partial charge in [0.2, 0.25) is 17.8 Å². The number of anilines is 4. The summed E-state index contributed by atoms with van der Waals surface area (Å²) in [6.45, 7) is 2.85. The van der Waals surface area contributed by atoms with Crippen LogP contribution in [-0.4, -0.2) is 83.8 Å². The number of nitrogens with one attached hydrogen (secondary N) is 1. The highest BCUT2D eigenvalue weighted by Gasteiger charge is 2.21. The molecule has 0 saturated carbocycles. The Morgan fingerprint density at radius 3 is 2.31 bits per heavy atom. The molecule has 1 aliphatic heterocycles. The minimum atomic E-state index is -0.863. The predicted molar refractivity (Wildman–Crippen MR) is 134 cm³/mol. The van der Waals surface area contributed by atoms with Gasteiger partial charge in [-0.2, -0.15) is 10.1 Å². The lowest BCUT2D eigenvalue weighted by atomic mass is 10.1. The first-order chi connectivity index (χ1) is 17.7. The summed E-state index contributed by atoms with van der Waals surface area (Å²) in [5.74, 6) is 1.73. The van der Waals surface area contributed by atoms with Crippen molar-refractivity contribution < 1.29 is 10.2 Å². The van der Waals surface area contributed by atoms with E-state index in [4.69, 9.17) is 5.11 Å². The molecule has 0 spiro atoms. The van der Waals surface area contributed by atoms with Gasteiger partial charge >= 0.3 is 0 Å². The van der Waals surface area contributed by atoms with E-state index in [0.717, 1.165) is 44.1 Å². The average molecular weight is 489 g/mol. The Kier molecular flexibility index (Phi) is 7.24. The van der Waals surface area contributed by atoms with Gasteiger partial charge in [0.1, 0.15) is 6.33 Å². The Balaban J connectivity index is 1.15. The standard InChI is InChI=1S/C24H28N10O2/c35-16-21(36)15-34-14-20(13-29-34)30-22-27-17-28-24(31-22)33-8-6-32(7-9-33)23-25-11-19(12-26-23)10-18-4-2-1-3-5-18/h1-5,11-14,17,21,35-36H,6-10,15-16H2,(H,27,28,30,31). The molecule has 3 N–H and O–H groups in total. The zero-order chi connectivity index (χ0) is 24.7. The van der Waals surface area contributed by atoms with Gasteiger partial charge in [0.25, 0.3) is 0 Å². The van der Waals surface area contributed by atoms with Gasteiger partial charge in [-0.25, -0.2) is 19.9 Å². The molecule has 1 aromatic carbocycles. The fraction of sp³-hybridized carbons (Fsp3) is 0.333. The van der Waals surface area contributed by atoms with Gasteiger partial charge < -0.3 is 25.3 Å². The van der Waals surface area contributed by atoms with Crippen LogP contribution in [0.1, 0.15) is 11.1 Å². The number of piperazine rings is 1. The van der Waals surface area contributed by atoms with Gasteiger partial charge in [0.05, 0.1) is 31.1 Å². The summed E-state index contributed by atoms with van der Waals surface area (Å²) in [4.78, 5) is 26.5. The minimum Gasteiger partial charge on any atom is -0.394 e. The molecule has 12 nitrogen and oxygen atoms in total. The van der Waals surface area contributed by atoms with E-state index in [1.165, 1.54) is 11.9 Å². The zero-order valence-corrected chi connectivity index (χ0v) is 19.7. The molecule has 4 aromatic rings. The highest BCUT2D eigenvalue weighted by atomic mass is 16.3. The van der Waals surface area contributed by atoms with E-state index in [2.05, 4.69) is 57.3 Å². The molecule has 1 unspecified atom stereocenters. The molecule has 1 aliphatic rings. The number of nitrogens with zero attached hydrogens (tertiary/aromatic N) is 9. The average Bonchev–Trinajstić information content (AvgIpc) is 3.36. The number of benzene rings is 1. The van der Waals surface area contributed by atoms with Crippen LogP contribution in [0.2, 0.25) is 0 Å². The molecule has 12 heteroatoms. The highest BCUT2D eigenvalue weighted by molar-refractivity contribution is 5.51. The van der Waals surface area contributed by atoms with Gasteiger partial charge in [0.15, 0.2) is 0 Å². The molecule has 0 radical (unpaired) electrons. The Bertz CT molecular complexity index is 1240. The van der Waals surface area contributed by atoms with Crippen LogP contribution >= 0.6 is 0 Å². The van der Waals surface area contributed by atoms with Crippen LogP contribution in [-0.2, 0) is 13.0 Å². The molecule has 36 heavy (non-hydrogen) atoms. The van der Waals surface area contributed by atoms with Gasteiger partial charge in [-0.1, -0.05) is 30.3 Å². The van der Waals surface area contributed by atoms with Crippen LogP contribution in [0.4, 0.5) is 23.5 Å². The van der Waals surface area contributed by atoms with Crippen molar-refractivity contribution in [2.75, 3.05) is 47.9 Å². The molecule has 1 atom stereocenters. The number of aliphatic hydroxyl groups is 2. The van der Waals surface area contributed by atoms with Crippen molar-refractivity contribution in [2.24, 2.45) is 0 Å². The number of hydrogen-bond acceptors (Lipinski definition) is 11. The molecular formula is C24H28N10O2. The Hall–Kier alpha value is -4.16. The van der Waals surface area contributed by atoms with Crippen LogP contribution in [0.5, 0.6) is 0 Å². The molecule has 5 rings (SSSR count). The smallest absolute Gasteiger partial charge is 0.232 e. The van der Waals surface area contributed by atoms with Crippen LogP contribution in [0, 0.1) is 0 Å². The molecule has 0 bridgehead atoms. The predicted octanol–water partition coefficient (Wildman–Crippen LogP) is 0.872. The lowest BCUT2D eigenvalue weighted by molar-refractivity contribution is 0.0783. The summed E-state index contributed by atoms with van der Waals surface area (Å²) in [6.07, 6.45) is 8.56. The SMILES string of the molecule is OCC(O)Cn1cc(Nc2ncnc(N3CCN(c4ncc(Cc5ccccc5)cn4)CC3)n2)cn1. The van der Waals surface area contributed by atoms with E-state index in [1.54, 1.807) is 17.1 Å². The normalized spacial score (nSPS) is 14.6. The van der Waals surface area contributed by atoms with Crippen LogP contribution < -0.4 is 15.1 Å². The first kappa shape index (κ1) is 23.6. The third kappa shape index (κ3) is 5.90. The second kappa shape index (κ2) is 11.1. The van der Waals surface area contributed by atoms with E-state index in [-0.39, 0.29) is 13.2 Å². The van der Waals surface area contributed by atoms with Gasteiger partial charge in [0, 0.05) is 51.2 Å². The molecule has 1 saturated heterocycles. The topological polar surface area (TPSA) is 141 Å². The summed E-state index contributed by atoms with van der Waals surface area (Å²) in [5, 5.41) is 25.8. The van der Waals surface area contributed by atoms with Crippen molar-refractivity contribution in [3.05, 3.63) is 72.6 Å². The fourth-order valence-electron chi connectivity index (χ4n) is 3.97. The monoisotopic (exact) mass is 488 g/mol. The summed E-state index contributed by atoms with van der Waals surface area (Å²) in [7, 11) is 0. The molecule has 4 heterocycles. The van der Waals surface area contributed by atoms with E-state index < -0.39 is 6.10 Å². The number of aromatic nitrogens is 7. The molecule has 186 valence electrons. The van der Waals surface area contributed by atoms with E-state index in [1.807, 2.05) is 30.6 Å². The molecule has 3 aromatic heterocycles. The number of hydrogen-bond donors (Lipinski definition) is 3. The maximum Gasteiger partial charge on any atom is 0.232 e. The van der Waals surface area contributed by atoms with Crippen LogP contribution in [0.3, 0.4) is 0 Å². The zero-order valence-electron chi connectivity index (χ0n) is 19.7. The summed E-state index contributed by atoms with van der Waals surface area (Å²) in [6, 6.07) is 10.3. The van der Waals surface area contributed by atoms with Crippen LogP contribution in [0.25, 0.3) is 0 Å². The van der Waals surface area contributed by atoms with Crippen molar-refractivity contribution in [3.63, 3.8) is 0 Å². The summed E-state index contributed by atoms with van der Waals surface area (Å²) >= 11 is 0. The van der Waals surface area contributed by atoms with E-state index >= 15 is 0 Å². The third-order valence-electron chi connectivity index (χ3n) is 5.85. The molecule has 0 amide bonds. The highest BCUT2D eigenvalue weighted by Crippen LogP contribution is 2.18. The fourth-order valence-corrected chi connectivity index (χ4v) is 3.97. The van der Waals surface area contributed by atoms with E-state index in [0.29, 0.717) is 17.6 Å². The number of aliphatic hydroxyl groups excluding tert-OH is 2. The van der Waals surface area contributed by atoms with Gasteiger partial charge in [-0.3, -0.25) is 4.68 Å². The third-order valence-corrected chi connectivity index (χ3v) is 5.85. The van der Waals surface area contributed by atoms with E-state index in [9.17, 15) is 5.11 Å². The second-order valence-corrected chi connectivity index (χ2v) is 8.55. The molecule has 1 fully saturated rings. The minimum absolute atomic E-state index is 0.199. The van der Waals surface area contributed by atoms with Crippen molar-refractivity contribution >= 4 is 23.5 Å². The maximum atomic E-state index is 9.57. The summed E-state index contributed by atoms with van der Waals surface area (Å²) < 4.78 is 1.54. The molecule has 0 aliphatic carbocycles. The largest absolute Gasteiger partial charge is 0.394 e. The first-order valence-corrected chi connectivity index (χ1v) is 11.8. The van der Waals surface area contributed by atoms with Crippen LogP contribution in [0.15, 0.2) is 61.4 Å². The van der Waals surface area contributed by atoms with Crippen molar-refractivity contribution in [1.29, 1.82) is 0 Å². The first-order valence-electron chi connectivity index (χ1n) is 11.8. The lowest BCUT2D eigenvalue weighted by Gasteiger charge is -2.34. The van der Waals surface area contributed by atoms with Crippen molar-refractivity contribution in [3.8, 4) is 0 Å². The molecular weight excluding hydrogens is 460 g/mol. The van der Waals surface area contributed by atoms with Crippen molar-refractivity contribution in [1.82, 2.24) is 34.7 Å². The summed E-state index contributed by atoms with van der Waals surface area (Å²) in [5.41, 5.74) is 3.00. The Morgan fingerprint density at radius 2 is 1.58 bits per heavy atom. The van der Waals surface area contributed by atoms with Gasteiger partial charge in [-0.15, -0.1) is 0 Å².